The fraction of sp³-hybridized carbons (Fsp3) is 0.640. The van der Waals surface area contributed by atoms with Crippen LogP contribution in [-0.2, 0) is 20.8 Å². The average molecular weight is 475 g/mol. The summed E-state index contributed by atoms with van der Waals surface area (Å²) in [6.45, 7) is 9.39. The Morgan fingerprint density at radius 1 is 1.03 bits per heavy atom. The second-order valence-electron chi connectivity index (χ2n) is 8.85. The van der Waals surface area contributed by atoms with Crippen molar-refractivity contribution in [3.63, 3.8) is 0 Å². The van der Waals surface area contributed by atoms with Gasteiger partial charge in [-0.2, -0.15) is 0 Å². The van der Waals surface area contributed by atoms with Gasteiger partial charge in [-0.3, -0.25) is 19.3 Å². The lowest BCUT2D eigenvalue weighted by Gasteiger charge is -2.36. The average Bonchev–Trinajstić information content (AvgIpc) is 3.23. The number of carbonyl (C=O) groups excluding carboxylic acids is 3. The third kappa shape index (κ3) is 6.20. The monoisotopic (exact) mass is 474 g/mol. The Balaban J connectivity index is 1.46. The summed E-state index contributed by atoms with van der Waals surface area (Å²) in [5, 5.41) is 0. The first-order valence-corrected chi connectivity index (χ1v) is 12.2. The Hall–Kier alpha value is -2.81. The van der Waals surface area contributed by atoms with Gasteiger partial charge in [0.1, 0.15) is 0 Å². The van der Waals surface area contributed by atoms with Gasteiger partial charge in [-0.25, -0.2) is 0 Å². The largest absolute Gasteiger partial charge is 0.493 e. The van der Waals surface area contributed by atoms with Crippen molar-refractivity contribution < 1.29 is 23.9 Å². The van der Waals surface area contributed by atoms with Crippen LogP contribution in [0.4, 0.5) is 0 Å². The molecule has 188 valence electrons. The fourth-order valence-corrected chi connectivity index (χ4v) is 4.71. The van der Waals surface area contributed by atoms with E-state index in [0.717, 1.165) is 5.56 Å². The van der Waals surface area contributed by atoms with Gasteiger partial charge < -0.3 is 24.2 Å². The number of hydrogen-bond acceptors (Lipinski definition) is 6. The summed E-state index contributed by atoms with van der Waals surface area (Å²) in [6.07, 6.45) is 0.956. The molecular formula is C25H38N4O5. The third-order valence-electron chi connectivity index (χ3n) is 6.84. The molecule has 0 bridgehead atoms. The van der Waals surface area contributed by atoms with E-state index < -0.39 is 0 Å². The van der Waals surface area contributed by atoms with E-state index in [2.05, 4.69) is 4.90 Å². The maximum absolute atomic E-state index is 13.1. The van der Waals surface area contributed by atoms with Crippen molar-refractivity contribution in [1.82, 2.24) is 19.6 Å². The van der Waals surface area contributed by atoms with E-state index in [0.29, 0.717) is 76.8 Å². The number of benzene rings is 1. The Morgan fingerprint density at radius 3 is 2.32 bits per heavy atom. The maximum atomic E-state index is 13.1. The van der Waals surface area contributed by atoms with Crippen LogP contribution in [-0.4, -0.2) is 110 Å². The molecule has 1 aromatic carbocycles. The zero-order valence-corrected chi connectivity index (χ0v) is 20.9. The van der Waals surface area contributed by atoms with Crippen LogP contribution >= 0.6 is 0 Å². The molecule has 0 spiro atoms. The van der Waals surface area contributed by atoms with Crippen LogP contribution in [0.1, 0.15) is 25.8 Å². The molecule has 9 nitrogen and oxygen atoms in total. The van der Waals surface area contributed by atoms with Gasteiger partial charge in [0.15, 0.2) is 11.5 Å². The molecule has 1 atom stereocenters. The highest BCUT2D eigenvalue weighted by Gasteiger charge is 2.37. The Bertz CT molecular complexity index is 865. The molecule has 3 rings (SSSR count). The summed E-state index contributed by atoms with van der Waals surface area (Å²) in [5.41, 5.74) is 1.05. The summed E-state index contributed by atoms with van der Waals surface area (Å²) in [5.74, 6) is 1.27. The van der Waals surface area contributed by atoms with E-state index in [4.69, 9.17) is 9.47 Å². The van der Waals surface area contributed by atoms with Gasteiger partial charge >= 0.3 is 0 Å². The second-order valence-corrected chi connectivity index (χ2v) is 8.85. The van der Waals surface area contributed by atoms with Crippen molar-refractivity contribution in [2.24, 2.45) is 5.92 Å². The number of carbonyl (C=O) groups is 3. The summed E-state index contributed by atoms with van der Waals surface area (Å²) in [7, 11) is 3.20. The highest BCUT2D eigenvalue weighted by Crippen LogP contribution is 2.28. The molecule has 2 saturated heterocycles. The molecule has 0 radical (unpaired) electrons. The number of piperazine rings is 1. The molecule has 34 heavy (non-hydrogen) atoms. The number of rotatable bonds is 10. The lowest BCUT2D eigenvalue weighted by Crippen LogP contribution is -2.52. The van der Waals surface area contributed by atoms with E-state index in [9.17, 15) is 14.4 Å². The fourth-order valence-electron chi connectivity index (χ4n) is 4.71. The molecule has 2 aliphatic heterocycles. The summed E-state index contributed by atoms with van der Waals surface area (Å²) < 4.78 is 10.6. The number of hydrogen-bond donors (Lipinski definition) is 0. The van der Waals surface area contributed by atoms with Crippen molar-refractivity contribution in [2.45, 2.75) is 26.7 Å². The van der Waals surface area contributed by atoms with Gasteiger partial charge in [0, 0.05) is 58.8 Å². The zero-order valence-electron chi connectivity index (χ0n) is 20.9. The molecule has 0 N–H and O–H groups in total. The lowest BCUT2D eigenvalue weighted by molar-refractivity contribution is -0.138. The van der Waals surface area contributed by atoms with E-state index in [-0.39, 0.29) is 30.1 Å². The lowest BCUT2D eigenvalue weighted by atomic mass is 10.1. The zero-order chi connectivity index (χ0) is 24.7. The van der Waals surface area contributed by atoms with Crippen LogP contribution in [0.25, 0.3) is 0 Å². The van der Waals surface area contributed by atoms with Crippen LogP contribution in [0.15, 0.2) is 18.2 Å². The number of amides is 3. The van der Waals surface area contributed by atoms with Gasteiger partial charge in [0.05, 0.1) is 26.7 Å². The summed E-state index contributed by atoms with van der Waals surface area (Å²) >= 11 is 0. The smallest absolute Gasteiger partial charge is 0.236 e. The van der Waals surface area contributed by atoms with Crippen LogP contribution in [0.2, 0.25) is 0 Å². The van der Waals surface area contributed by atoms with Crippen molar-refractivity contribution in [3.8, 4) is 11.5 Å². The topological polar surface area (TPSA) is 82.6 Å². The molecule has 0 aliphatic carbocycles. The van der Waals surface area contributed by atoms with Crippen molar-refractivity contribution in [3.05, 3.63) is 23.8 Å². The predicted molar refractivity (Wildman–Crippen MR) is 129 cm³/mol. The number of methoxy groups -OCH3 is 2. The molecular weight excluding hydrogens is 436 g/mol. The van der Waals surface area contributed by atoms with Crippen LogP contribution in [0.3, 0.4) is 0 Å². The number of ether oxygens (including phenoxy) is 2. The van der Waals surface area contributed by atoms with Gasteiger partial charge in [-0.15, -0.1) is 0 Å². The number of nitrogens with zero attached hydrogens (tertiary/aromatic N) is 4. The molecule has 9 heteroatoms. The quantitative estimate of drug-likeness (QED) is 0.505. The Morgan fingerprint density at radius 2 is 1.71 bits per heavy atom. The standard InChI is InChI=1S/C25H38N4O5/c1-5-27(6-2)24(31)18-26-11-13-28(14-12-26)25(32)20-16-23(30)29(17-20)10-9-19-7-8-21(33-3)22(15-19)34-4/h7-8,15,20H,5-6,9-14,16-18H2,1-4H3. The SMILES string of the molecule is CCN(CC)C(=O)CN1CCN(C(=O)C2CC(=O)N(CCc3ccc(OC)c(OC)c3)C2)CC1. The molecule has 2 fully saturated rings. The maximum Gasteiger partial charge on any atom is 0.236 e. The number of likely N-dealkylation sites (tertiary alicyclic amines) is 1. The summed E-state index contributed by atoms with van der Waals surface area (Å²) in [4.78, 5) is 45.6. The molecule has 0 saturated carbocycles. The first-order chi connectivity index (χ1) is 16.4. The van der Waals surface area contributed by atoms with Crippen LogP contribution in [0, 0.1) is 5.92 Å². The predicted octanol–water partition coefficient (Wildman–Crippen LogP) is 1.11. The van der Waals surface area contributed by atoms with Crippen molar-refractivity contribution in [2.75, 3.05) is 73.1 Å². The molecule has 2 aliphatic rings. The third-order valence-corrected chi connectivity index (χ3v) is 6.84. The second kappa shape index (κ2) is 12.1. The van der Waals surface area contributed by atoms with E-state index in [1.807, 2.05) is 41.8 Å². The van der Waals surface area contributed by atoms with Gasteiger partial charge in [0.25, 0.3) is 0 Å². The van der Waals surface area contributed by atoms with E-state index >= 15 is 0 Å². The normalized spacial score (nSPS) is 18.8. The molecule has 2 heterocycles. The molecule has 1 aromatic rings. The highest BCUT2D eigenvalue weighted by molar-refractivity contribution is 5.89. The van der Waals surface area contributed by atoms with E-state index in [1.54, 1.807) is 19.1 Å². The van der Waals surface area contributed by atoms with Gasteiger partial charge in [0.2, 0.25) is 17.7 Å². The van der Waals surface area contributed by atoms with Crippen LogP contribution < -0.4 is 9.47 Å². The first kappa shape index (κ1) is 25.8. The summed E-state index contributed by atoms with van der Waals surface area (Å²) in [6, 6.07) is 5.75. The van der Waals surface area contributed by atoms with Gasteiger partial charge in [-0.1, -0.05) is 6.07 Å². The minimum absolute atomic E-state index is 0.0299. The molecule has 0 aromatic heterocycles. The molecule has 1 unspecified atom stereocenters. The van der Waals surface area contributed by atoms with Crippen LogP contribution in [0.5, 0.6) is 11.5 Å². The van der Waals surface area contributed by atoms with E-state index in [1.165, 1.54) is 0 Å². The Kier molecular flexibility index (Phi) is 9.15. The van der Waals surface area contributed by atoms with Crippen molar-refractivity contribution >= 4 is 17.7 Å². The Labute approximate surface area is 202 Å². The number of likely N-dealkylation sites (N-methyl/N-ethyl adjacent to an activating group) is 1. The minimum Gasteiger partial charge on any atom is -0.493 e. The van der Waals surface area contributed by atoms with Crippen molar-refractivity contribution in [1.29, 1.82) is 0 Å². The highest BCUT2D eigenvalue weighted by atomic mass is 16.5. The minimum atomic E-state index is -0.290. The van der Waals surface area contributed by atoms with Gasteiger partial charge in [-0.05, 0) is 38.0 Å². The molecule has 3 amide bonds. The first-order valence-electron chi connectivity index (χ1n) is 12.2.